The maximum atomic E-state index is 12.6. The number of ketones is 1. The predicted octanol–water partition coefficient (Wildman–Crippen LogP) is 4.85. The lowest BCUT2D eigenvalue weighted by Crippen LogP contribution is -2.05. The molecule has 2 nitrogen and oxygen atoms in total. The molecule has 0 amide bonds. The van der Waals surface area contributed by atoms with Gasteiger partial charge in [0.25, 0.3) is 0 Å². The van der Waals surface area contributed by atoms with Gasteiger partial charge in [0.05, 0.1) is 17.7 Å². The molecule has 20 heavy (non-hydrogen) atoms. The van der Waals surface area contributed by atoms with E-state index in [0.29, 0.717) is 26.9 Å². The van der Waals surface area contributed by atoms with Crippen LogP contribution in [0, 0.1) is 13.8 Å². The monoisotopic (exact) mass is 308 g/mol. The Hall–Kier alpha value is -1.51. The molecule has 0 aliphatic heterocycles. The van der Waals surface area contributed by atoms with Gasteiger partial charge in [-0.15, -0.1) is 0 Å². The van der Waals surface area contributed by atoms with E-state index in [0.717, 1.165) is 11.1 Å². The van der Waals surface area contributed by atoms with E-state index >= 15 is 0 Å². The van der Waals surface area contributed by atoms with E-state index in [-0.39, 0.29) is 5.78 Å². The molecule has 4 heteroatoms. The highest BCUT2D eigenvalue weighted by Crippen LogP contribution is 2.29. The van der Waals surface area contributed by atoms with Gasteiger partial charge < -0.3 is 4.74 Å². The molecule has 2 rings (SSSR count). The maximum Gasteiger partial charge on any atom is 0.198 e. The van der Waals surface area contributed by atoms with Crippen molar-refractivity contribution < 1.29 is 9.53 Å². The lowest BCUT2D eigenvalue weighted by Gasteiger charge is -2.11. The van der Waals surface area contributed by atoms with Crippen molar-refractivity contribution in [2.24, 2.45) is 0 Å². The summed E-state index contributed by atoms with van der Waals surface area (Å²) in [5.74, 6) is 0.267. The quantitative estimate of drug-likeness (QED) is 0.758. The van der Waals surface area contributed by atoms with E-state index < -0.39 is 0 Å². The van der Waals surface area contributed by atoms with Gasteiger partial charge in [0.15, 0.2) is 5.78 Å². The van der Waals surface area contributed by atoms with Crippen LogP contribution in [-0.2, 0) is 0 Å². The molecule has 0 aromatic heterocycles. The molecule has 0 unspecified atom stereocenters. The molecule has 104 valence electrons. The highest BCUT2D eigenvalue weighted by atomic mass is 35.5. The predicted molar refractivity (Wildman–Crippen MR) is 82.4 cm³/mol. The highest BCUT2D eigenvalue weighted by Gasteiger charge is 2.18. The van der Waals surface area contributed by atoms with Gasteiger partial charge in [0, 0.05) is 10.6 Å². The molecule has 0 saturated heterocycles. The average Bonchev–Trinajstić information content (AvgIpc) is 2.42. The zero-order valence-corrected chi connectivity index (χ0v) is 13.0. The summed E-state index contributed by atoms with van der Waals surface area (Å²) in [7, 11) is 1.50. The van der Waals surface area contributed by atoms with Gasteiger partial charge in [-0.25, -0.2) is 0 Å². The number of benzene rings is 2. The number of carbonyl (C=O) groups excluding carboxylic acids is 1. The summed E-state index contributed by atoms with van der Waals surface area (Å²) in [5, 5.41) is 0.958. The van der Waals surface area contributed by atoms with E-state index in [1.54, 1.807) is 30.3 Å². The number of ether oxygens (including phenoxy) is 1. The number of hydrogen-bond donors (Lipinski definition) is 0. The van der Waals surface area contributed by atoms with Gasteiger partial charge in [0.1, 0.15) is 5.75 Å². The first-order chi connectivity index (χ1) is 9.43. The Balaban J connectivity index is 2.54. The molecule has 2 aromatic carbocycles. The molecule has 0 aliphatic carbocycles. The van der Waals surface area contributed by atoms with Crippen molar-refractivity contribution in [1.29, 1.82) is 0 Å². The Morgan fingerprint density at radius 1 is 1.00 bits per heavy atom. The number of methoxy groups -OCH3 is 1. The van der Waals surface area contributed by atoms with E-state index in [1.165, 1.54) is 7.11 Å². The van der Waals surface area contributed by atoms with E-state index in [2.05, 4.69) is 0 Å². The minimum Gasteiger partial charge on any atom is -0.496 e. The zero-order chi connectivity index (χ0) is 14.9. The van der Waals surface area contributed by atoms with Crippen molar-refractivity contribution in [3.8, 4) is 5.75 Å². The summed E-state index contributed by atoms with van der Waals surface area (Å²) in [6, 6.07) is 8.52. The molecular formula is C16H14Cl2O2. The van der Waals surface area contributed by atoms with Crippen LogP contribution in [0.4, 0.5) is 0 Å². The minimum atomic E-state index is -0.174. The van der Waals surface area contributed by atoms with E-state index in [9.17, 15) is 4.79 Å². The Morgan fingerprint density at radius 3 is 2.30 bits per heavy atom. The van der Waals surface area contributed by atoms with Crippen LogP contribution in [0.5, 0.6) is 5.75 Å². The van der Waals surface area contributed by atoms with Crippen LogP contribution in [-0.4, -0.2) is 12.9 Å². The standard InChI is InChI=1S/C16H14Cl2O2/c1-9-6-13(14(18)7-10(9)2)16(19)12-5-4-11(17)8-15(12)20-3/h4-8H,1-3H3. The van der Waals surface area contributed by atoms with Crippen molar-refractivity contribution in [2.75, 3.05) is 7.11 Å². The molecule has 0 bridgehead atoms. The second-order valence-corrected chi connectivity index (χ2v) is 5.43. The Labute approximate surface area is 128 Å². The lowest BCUT2D eigenvalue weighted by atomic mass is 9.98. The van der Waals surface area contributed by atoms with Gasteiger partial charge in [-0.3, -0.25) is 4.79 Å². The van der Waals surface area contributed by atoms with E-state index in [1.807, 2.05) is 13.8 Å². The highest BCUT2D eigenvalue weighted by molar-refractivity contribution is 6.35. The van der Waals surface area contributed by atoms with Gasteiger partial charge >= 0.3 is 0 Å². The third-order valence-corrected chi connectivity index (χ3v) is 3.78. The molecule has 0 spiro atoms. The van der Waals surface area contributed by atoms with Crippen LogP contribution < -0.4 is 4.74 Å². The summed E-state index contributed by atoms with van der Waals surface area (Å²) < 4.78 is 5.21. The maximum absolute atomic E-state index is 12.6. The molecule has 0 aliphatic rings. The van der Waals surface area contributed by atoms with Crippen LogP contribution >= 0.6 is 23.2 Å². The summed E-state index contributed by atoms with van der Waals surface area (Å²) >= 11 is 12.1. The summed E-state index contributed by atoms with van der Waals surface area (Å²) in [5.41, 5.74) is 2.98. The van der Waals surface area contributed by atoms with Crippen LogP contribution in [0.3, 0.4) is 0 Å². The second kappa shape index (κ2) is 5.86. The molecule has 0 N–H and O–H groups in total. The normalized spacial score (nSPS) is 10.4. The van der Waals surface area contributed by atoms with Crippen molar-refractivity contribution in [1.82, 2.24) is 0 Å². The van der Waals surface area contributed by atoms with Gasteiger partial charge in [0.2, 0.25) is 0 Å². The number of hydrogen-bond acceptors (Lipinski definition) is 2. The minimum absolute atomic E-state index is 0.174. The van der Waals surface area contributed by atoms with Crippen LogP contribution in [0.1, 0.15) is 27.0 Å². The number of halogens is 2. The Bertz CT molecular complexity index is 678. The molecule has 0 atom stereocenters. The summed E-state index contributed by atoms with van der Waals surface area (Å²) in [6.07, 6.45) is 0. The van der Waals surface area contributed by atoms with Crippen molar-refractivity contribution in [2.45, 2.75) is 13.8 Å². The molecular weight excluding hydrogens is 295 g/mol. The first kappa shape index (κ1) is 14.9. The van der Waals surface area contributed by atoms with Crippen molar-refractivity contribution >= 4 is 29.0 Å². The Morgan fingerprint density at radius 2 is 1.65 bits per heavy atom. The van der Waals surface area contributed by atoms with Gasteiger partial charge in [-0.1, -0.05) is 23.2 Å². The molecule has 0 saturated carbocycles. The average molecular weight is 309 g/mol. The molecule has 0 radical (unpaired) electrons. The summed E-state index contributed by atoms with van der Waals surface area (Å²) in [4.78, 5) is 12.6. The smallest absolute Gasteiger partial charge is 0.198 e. The fourth-order valence-electron chi connectivity index (χ4n) is 1.95. The largest absolute Gasteiger partial charge is 0.496 e. The molecule has 0 fully saturated rings. The van der Waals surface area contributed by atoms with Crippen LogP contribution in [0.25, 0.3) is 0 Å². The second-order valence-electron chi connectivity index (χ2n) is 4.59. The number of carbonyl (C=O) groups is 1. The van der Waals surface area contributed by atoms with Crippen molar-refractivity contribution in [3.63, 3.8) is 0 Å². The van der Waals surface area contributed by atoms with E-state index in [4.69, 9.17) is 27.9 Å². The number of aryl methyl sites for hydroxylation is 2. The first-order valence-corrected chi connectivity index (χ1v) is 6.84. The Kier molecular flexibility index (Phi) is 4.36. The first-order valence-electron chi connectivity index (χ1n) is 6.09. The SMILES string of the molecule is COc1cc(Cl)ccc1C(=O)c1cc(C)c(C)cc1Cl. The number of rotatable bonds is 3. The summed E-state index contributed by atoms with van der Waals surface area (Å²) in [6.45, 7) is 3.90. The van der Waals surface area contributed by atoms with Crippen molar-refractivity contribution in [3.05, 3.63) is 62.6 Å². The van der Waals surface area contributed by atoms with Crippen LogP contribution in [0.15, 0.2) is 30.3 Å². The lowest BCUT2D eigenvalue weighted by molar-refractivity contribution is 0.103. The fourth-order valence-corrected chi connectivity index (χ4v) is 2.42. The van der Waals surface area contributed by atoms with Gasteiger partial charge in [-0.2, -0.15) is 0 Å². The topological polar surface area (TPSA) is 26.3 Å². The third-order valence-electron chi connectivity index (χ3n) is 3.24. The van der Waals surface area contributed by atoms with Gasteiger partial charge in [-0.05, 0) is 55.3 Å². The molecule has 2 aromatic rings. The molecule has 0 heterocycles. The fraction of sp³-hybridized carbons (Fsp3) is 0.188. The third kappa shape index (κ3) is 2.82. The zero-order valence-electron chi connectivity index (χ0n) is 11.5. The van der Waals surface area contributed by atoms with Crippen LogP contribution in [0.2, 0.25) is 10.0 Å².